The third-order valence-electron chi connectivity index (χ3n) is 3.96. The predicted molar refractivity (Wildman–Crippen MR) is 92.8 cm³/mol. The zero-order valence-electron chi connectivity index (χ0n) is 13.0. The molecule has 0 bridgehead atoms. The van der Waals surface area contributed by atoms with Gasteiger partial charge in [-0.15, -0.1) is 0 Å². The summed E-state index contributed by atoms with van der Waals surface area (Å²) in [5.41, 5.74) is 5.29. The molecule has 2 heteroatoms. The van der Waals surface area contributed by atoms with E-state index < -0.39 is 0 Å². The number of para-hydroxylation sites is 1. The summed E-state index contributed by atoms with van der Waals surface area (Å²) in [7, 11) is 0. The molecule has 0 atom stereocenters. The van der Waals surface area contributed by atoms with Crippen molar-refractivity contribution in [3.8, 4) is 16.9 Å². The summed E-state index contributed by atoms with van der Waals surface area (Å²) in [4.78, 5) is 11.1. The molecular formula is C21H18O2. The third kappa shape index (κ3) is 3.32. The van der Waals surface area contributed by atoms with E-state index in [9.17, 15) is 4.79 Å². The maximum absolute atomic E-state index is 11.1. The molecule has 0 radical (unpaired) electrons. The molecule has 0 aromatic heterocycles. The molecule has 0 spiro atoms. The highest BCUT2D eigenvalue weighted by molar-refractivity contribution is 5.79. The van der Waals surface area contributed by atoms with E-state index in [0.29, 0.717) is 17.9 Å². The number of aldehydes is 1. The van der Waals surface area contributed by atoms with E-state index in [0.717, 1.165) is 11.8 Å². The quantitative estimate of drug-likeness (QED) is 0.616. The summed E-state index contributed by atoms with van der Waals surface area (Å²) in [5, 5.41) is 0. The molecule has 0 fully saturated rings. The van der Waals surface area contributed by atoms with E-state index in [1.165, 1.54) is 16.7 Å². The average Bonchev–Trinajstić information content (AvgIpc) is 2.62. The van der Waals surface area contributed by atoms with Crippen LogP contribution in [0.25, 0.3) is 11.1 Å². The molecule has 0 aliphatic heterocycles. The lowest BCUT2D eigenvalue weighted by atomic mass is 9.97. The lowest BCUT2D eigenvalue weighted by molar-refractivity contribution is 0.111. The average molecular weight is 302 g/mol. The smallest absolute Gasteiger partial charge is 0.153 e. The van der Waals surface area contributed by atoms with Crippen LogP contribution < -0.4 is 4.74 Å². The second-order valence-corrected chi connectivity index (χ2v) is 5.40. The van der Waals surface area contributed by atoms with Crippen molar-refractivity contribution in [3.05, 3.63) is 89.5 Å². The molecule has 0 aliphatic carbocycles. The Hall–Kier alpha value is -2.87. The summed E-state index contributed by atoms with van der Waals surface area (Å²) in [5.74, 6) is 0.618. The van der Waals surface area contributed by atoms with Gasteiger partial charge in [0, 0.05) is 0 Å². The van der Waals surface area contributed by atoms with Crippen molar-refractivity contribution in [2.24, 2.45) is 0 Å². The molecule has 0 unspecified atom stereocenters. The molecule has 0 heterocycles. The molecule has 0 saturated heterocycles. The van der Waals surface area contributed by atoms with Crippen molar-refractivity contribution in [2.45, 2.75) is 13.5 Å². The highest BCUT2D eigenvalue weighted by Crippen LogP contribution is 2.26. The van der Waals surface area contributed by atoms with E-state index >= 15 is 0 Å². The molecule has 0 N–H and O–H groups in total. The molecule has 23 heavy (non-hydrogen) atoms. The second-order valence-electron chi connectivity index (χ2n) is 5.40. The van der Waals surface area contributed by atoms with Crippen molar-refractivity contribution in [2.75, 3.05) is 0 Å². The molecule has 2 nitrogen and oxygen atoms in total. The van der Waals surface area contributed by atoms with Gasteiger partial charge in [0.05, 0.1) is 5.56 Å². The topological polar surface area (TPSA) is 26.3 Å². The minimum Gasteiger partial charge on any atom is -0.488 e. The fourth-order valence-corrected chi connectivity index (χ4v) is 2.64. The van der Waals surface area contributed by atoms with E-state index in [1.54, 1.807) is 6.07 Å². The number of ether oxygens (including phenoxy) is 1. The summed E-state index contributed by atoms with van der Waals surface area (Å²) in [6.45, 7) is 2.55. The van der Waals surface area contributed by atoms with Gasteiger partial charge in [-0.1, -0.05) is 60.7 Å². The van der Waals surface area contributed by atoms with Crippen molar-refractivity contribution >= 4 is 6.29 Å². The molecule has 0 saturated carbocycles. The molecular weight excluding hydrogens is 284 g/mol. The minimum atomic E-state index is 0.442. The first kappa shape index (κ1) is 15.0. The first-order chi connectivity index (χ1) is 11.3. The van der Waals surface area contributed by atoms with Crippen molar-refractivity contribution in [3.63, 3.8) is 0 Å². The fraction of sp³-hybridized carbons (Fsp3) is 0.0952. The highest BCUT2D eigenvalue weighted by Gasteiger charge is 2.08. The van der Waals surface area contributed by atoms with E-state index in [2.05, 4.69) is 31.2 Å². The summed E-state index contributed by atoms with van der Waals surface area (Å²) < 4.78 is 5.85. The summed E-state index contributed by atoms with van der Waals surface area (Å²) >= 11 is 0. The van der Waals surface area contributed by atoms with Gasteiger partial charge in [-0.05, 0) is 41.3 Å². The first-order valence-corrected chi connectivity index (χ1v) is 7.60. The van der Waals surface area contributed by atoms with Gasteiger partial charge in [-0.25, -0.2) is 0 Å². The van der Waals surface area contributed by atoms with Crippen LogP contribution in [0.5, 0.6) is 5.75 Å². The first-order valence-electron chi connectivity index (χ1n) is 7.60. The number of benzene rings is 3. The van der Waals surface area contributed by atoms with Gasteiger partial charge in [0.2, 0.25) is 0 Å². The second kappa shape index (κ2) is 6.93. The lowest BCUT2D eigenvalue weighted by Crippen LogP contribution is -2.01. The van der Waals surface area contributed by atoms with Crippen LogP contribution in [0.15, 0.2) is 72.8 Å². The van der Waals surface area contributed by atoms with Gasteiger partial charge in [0.25, 0.3) is 0 Å². The predicted octanol–water partition coefficient (Wildman–Crippen LogP) is 5.05. The molecule has 114 valence electrons. The highest BCUT2D eigenvalue weighted by atomic mass is 16.5. The molecule has 3 aromatic carbocycles. The zero-order chi connectivity index (χ0) is 16.1. The van der Waals surface area contributed by atoms with Crippen LogP contribution in [-0.4, -0.2) is 6.29 Å². The normalized spacial score (nSPS) is 10.3. The standard InChI is InChI=1S/C21H18O2/c1-16-19(15-23-21-13-6-5-10-18(21)14-22)11-7-12-20(16)17-8-3-2-4-9-17/h2-14H,15H2,1H3. The maximum Gasteiger partial charge on any atom is 0.153 e. The zero-order valence-corrected chi connectivity index (χ0v) is 13.0. The number of carbonyl (C=O) groups is 1. The van der Waals surface area contributed by atoms with Crippen LogP contribution in [0, 0.1) is 6.92 Å². The summed E-state index contributed by atoms with van der Waals surface area (Å²) in [6, 6.07) is 23.8. The van der Waals surface area contributed by atoms with Crippen molar-refractivity contribution < 1.29 is 9.53 Å². The van der Waals surface area contributed by atoms with Crippen molar-refractivity contribution in [1.29, 1.82) is 0 Å². The Morgan fingerprint density at radius 1 is 0.870 bits per heavy atom. The van der Waals surface area contributed by atoms with Crippen LogP contribution in [0.1, 0.15) is 21.5 Å². The number of hydrogen-bond acceptors (Lipinski definition) is 2. The van der Waals surface area contributed by atoms with Crippen LogP contribution in [0.3, 0.4) is 0 Å². The maximum atomic E-state index is 11.1. The minimum absolute atomic E-state index is 0.442. The Kier molecular flexibility index (Phi) is 4.53. The van der Waals surface area contributed by atoms with Crippen LogP contribution in [0.4, 0.5) is 0 Å². The Morgan fingerprint density at radius 3 is 2.39 bits per heavy atom. The van der Waals surface area contributed by atoms with E-state index in [4.69, 9.17) is 4.74 Å². The Morgan fingerprint density at radius 2 is 1.61 bits per heavy atom. The SMILES string of the molecule is Cc1c(COc2ccccc2C=O)cccc1-c1ccccc1. The summed E-state index contributed by atoms with van der Waals surface area (Å²) in [6.07, 6.45) is 0.822. The van der Waals surface area contributed by atoms with Crippen LogP contribution >= 0.6 is 0 Å². The number of rotatable bonds is 5. The third-order valence-corrected chi connectivity index (χ3v) is 3.96. The Bertz CT molecular complexity index is 807. The van der Waals surface area contributed by atoms with Gasteiger partial charge in [0.1, 0.15) is 12.4 Å². The largest absolute Gasteiger partial charge is 0.488 e. The van der Waals surface area contributed by atoms with Gasteiger partial charge < -0.3 is 4.74 Å². The Balaban J connectivity index is 1.86. The lowest BCUT2D eigenvalue weighted by Gasteiger charge is -2.13. The fourth-order valence-electron chi connectivity index (χ4n) is 2.64. The van der Waals surface area contributed by atoms with Crippen LogP contribution in [0.2, 0.25) is 0 Å². The molecule has 0 amide bonds. The van der Waals surface area contributed by atoms with Gasteiger partial charge in [-0.3, -0.25) is 4.79 Å². The molecule has 3 rings (SSSR count). The number of carbonyl (C=O) groups excluding carboxylic acids is 1. The monoisotopic (exact) mass is 302 g/mol. The van der Waals surface area contributed by atoms with Crippen LogP contribution in [-0.2, 0) is 6.61 Å². The molecule has 3 aromatic rings. The van der Waals surface area contributed by atoms with E-state index in [-0.39, 0.29) is 0 Å². The van der Waals surface area contributed by atoms with Crippen molar-refractivity contribution in [1.82, 2.24) is 0 Å². The van der Waals surface area contributed by atoms with Gasteiger partial charge in [-0.2, -0.15) is 0 Å². The van der Waals surface area contributed by atoms with Gasteiger partial charge in [0.15, 0.2) is 6.29 Å². The van der Waals surface area contributed by atoms with E-state index in [1.807, 2.05) is 42.5 Å². The number of hydrogen-bond donors (Lipinski definition) is 0. The van der Waals surface area contributed by atoms with Gasteiger partial charge >= 0.3 is 0 Å². The Labute approximate surface area is 136 Å². The molecule has 0 aliphatic rings.